The molecule has 4 rings (SSSR count). The first-order valence-corrected chi connectivity index (χ1v) is 8.28. The van der Waals surface area contributed by atoms with Crippen LogP contribution in [-0.2, 0) is 6.18 Å². The van der Waals surface area contributed by atoms with Crippen LogP contribution in [0.1, 0.15) is 5.56 Å². The van der Waals surface area contributed by atoms with Gasteiger partial charge in [0.25, 0.3) is 0 Å². The maximum absolute atomic E-state index is 13.1. The summed E-state index contributed by atoms with van der Waals surface area (Å²) in [4.78, 5) is 0. The van der Waals surface area contributed by atoms with Gasteiger partial charge in [0.1, 0.15) is 11.4 Å². The summed E-state index contributed by atoms with van der Waals surface area (Å²) in [6, 6.07) is 23.9. The second-order valence-electron chi connectivity index (χ2n) is 5.98. The van der Waals surface area contributed by atoms with E-state index in [1.54, 1.807) is 6.07 Å². The minimum atomic E-state index is -4.42. The third-order valence-electron chi connectivity index (χ3n) is 4.18. The molecule has 0 amide bonds. The van der Waals surface area contributed by atoms with Crippen LogP contribution in [0.4, 0.5) is 13.2 Å². The maximum Gasteiger partial charge on any atom is 0.416 e. The molecule has 0 aliphatic rings. The summed E-state index contributed by atoms with van der Waals surface area (Å²) in [5, 5.41) is 8.42. The van der Waals surface area contributed by atoms with E-state index >= 15 is 0 Å². The van der Waals surface area contributed by atoms with Gasteiger partial charge in [0, 0.05) is 11.1 Å². The average Bonchev–Trinajstić information content (AvgIpc) is 3.14. The molecule has 0 saturated heterocycles. The molecule has 0 bridgehead atoms. The van der Waals surface area contributed by atoms with E-state index in [-0.39, 0.29) is 0 Å². The van der Waals surface area contributed by atoms with E-state index in [1.807, 2.05) is 60.7 Å². The fraction of sp³-hybridized carbons (Fsp3) is 0.0476. The van der Waals surface area contributed by atoms with Gasteiger partial charge in [0.2, 0.25) is 0 Å². The summed E-state index contributed by atoms with van der Waals surface area (Å²) in [5.74, 6) is 0. The molecule has 0 aliphatic carbocycles. The molecule has 3 aromatic carbocycles. The fourth-order valence-corrected chi connectivity index (χ4v) is 2.92. The van der Waals surface area contributed by atoms with E-state index in [1.165, 1.54) is 10.7 Å². The Morgan fingerprint density at radius 1 is 0.704 bits per heavy atom. The average molecular weight is 365 g/mol. The van der Waals surface area contributed by atoms with Crippen LogP contribution >= 0.6 is 0 Å². The lowest BCUT2D eigenvalue weighted by molar-refractivity contribution is -0.137. The largest absolute Gasteiger partial charge is 0.416 e. The number of hydrogen-bond donors (Lipinski definition) is 0. The zero-order chi connectivity index (χ0) is 18.9. The van der Waals surface area contributed by atoms with E-state index in [2.05, 4.69) is 10.3 Å². The van der Waals surface area contributed by atoms with Crippen molar-refractivity contribution in [2.45, 2.75) is 6.18 Å². The highest BCUT2D eigenvalue weighted by Gasteiger charge is 2.31. The van der Waals surface area contributed by atoms with Gasteiger partial charge >= 0.3 is 6.18 Å². The van der Waals surface area contributed by atoms with Crippen LogP contribution in [-0.4, -0.2) is 15.0 Å². The Hall–Kier alpha value is -3.41. The SMILES string of the molecule is FC(F)(F)c1cccc(-n2nnc(-c3ccccc3)c2-c2ccccc2)c1. The quantitative estimate of drug-likeness (QED) is 0.472. The standard InChI is InChI=1S/C21H14F3N3/c22-21(23,24)17-12-7-13-18(14-17)27-20(16-10-5-2-6-11-16)19(25-26-27)15-8-3-1-4-9-15/h1-14H. The van der Waals surface area contributed by atoms with Gasteiger partial charge in [-0.3, -0.25) is 0 Å². The second-order valence-corrected chi connectivity index (χ2v) is 5.98. The molecule has 0 aliphatic heterocycles. The summed E-state index contributed by atoms with van der Waals surface area (Å²) < 4.78 is 40.8. The number of benzene rings is 3. The topological polar surface area (TPSA) is 30.7 Å². The van der Waals surface area contributed by atoms with Crippen LogP contribution in [0.2, 0.25) is 0 Å². The summed E-state index contributed by atoms with van der Waals surface area (Å²) in [5.41, 5.74) is 2.49. The monoisotopic (exact) mass is 365 g/mol. The van der Waals surface area contributed by atoms with Crippen LogP contribution in [0.25, 0.3) is 28.2 Å². The van der Waals surface area contributed by atoms with Crippen LogP contribution in [0.3, 0.4) is 0 Å². The van der Waals surface area contributed by atoms with Gasteiger partial charge in [0.05, 0.1) is 11.3 Å². The molecular weight excluding hydrogens is 351 g/mol. The summed E-state index contributed by atoms with van der Waals surface area (Å²) >= 11 is 0. The van der Waals surface area contributed by atoms with Crippen molar-refractivity contribution in [3.05, 3.63) is 90.5 Å². The molecule has 1 aromatic heterocycles. The van der Waals surface area contributed by atoms with E-state index in [4.69, 9.17) is 0 Å². The van der Waals surface area contributed by atoms with Gasteiger partial charge in [-0.05, 0) is 18.2 Å². The molecule has 0 fully saturated rings. The zero-order valence-corrected chi connectivity index (χ0v) is 14.1. The van der Waals surface area contributed by atoms with Crippen LogP contribution in [0.15, 0.2) is 84.9 Å². The maximum atomic E-state index is 13.1. The van der Waals surface area contributed by atoms with Crippen molar-refractivity contribution in [2.24, 2.45) is 0 Å². The van der Waals surface area contributed by atoms with Crippen molar-refractivity contribution in [3.8, 4) is 28.2 Å². The molecule has 0 N–H and O–H groups in total. The van der Waals surface area contributed by atoms with Crippen molar-refractivity contribution in [3.63, 3.8) is 0 Å². The first kappa shape index (κ1) is 17.0. The first-order valence-electron chi connectivity index (χ1n) is 8.28. The molecule has 0 atom stereocenters. The van der Waals surface area contributed by atoms with E-state index in [0.29, 0.717) is 17.1 Å². The molecule has 0 spiro atoms. The van der Waals surface area contributed by atoms with Crippen LogP contribution < -0.4 is 0 Å². The summed E-state index contributed by atoms with van der Waals surface area (Å²) in [7, 11) is 0. The first-order chi connectivity index (χ1) is 13.0. The highest BCUT2D eigenvalue weighted by molar-refractivity contribution is 5.79. The number of alkyl halides is 3. The normalized spacial score (nSPS) is 11.5. The van der Waals surface area contributed by atoms with Crippen molar-refractivity contribution < 1.29 is 13.2 Å². The highest BCUT2D eigenvalue weighted by Crippen LogP contribution is 2.34. The third kappa shape index (κ3) is 3.33. The zero-order valence-electron chi connectivity index (χ0n) is 14.1. The molecule has 6 heteroatoms. The minimum absolute atomic E-state index is 0.304. The number of aromatic nitrogens is 3. The lowest BCUT2D eigenvalue weighted by Crippen LogP contribution is -2.07. The van der Waals surface area contributed by atoms with Gasteiger partial charge in [-0.25, -0.2) is 4.68 Å². The Kier molecular flexibility index (Phi) is 4.24. The van der Waals surface area contributed by atoms with E-state index in [0.717, 1.165) is 23.3 Å². The molecule has 0 saturated carbocycles. The van der Waals surface area contributed by atoms with Crippen molar-refractivity contribution >= 4 is 0 Å². The van der Waals surface area contributed by atoms with E-state index < -0.39 is 11.7 Å². The lowest BCUT2D eigenvalue weighted by atomic mass is 10.0. The fourth-order valence-electron chi connectivity index (χ4n) is 2.92. The molecule has 4 aromatic rings. The van der Waals surface area contributed by atoms with Crippen molar-refractivity contribution in [1.82, 2.24) is 15.0 Å². The number of rotatable bonds is 3. The Morgan fingerprint density at radius 2 is 1.33 bits per heavy atom. The van der Waals surface area contributed by atoms with E-state index in [9.17, 15) is 13.2 Å². The minimum Gasteiger partial charge on any atom is -0.212 e. The van der Waals surface area contributed by atoms with Gasteiger partial charge in [-0.15, -0.1) is 5.10 Å². The van der Waals surface area contributed by atoms with Crippen molar-refractivity contribution in [1.29, 1.82) is 0 Å². The summed E-state index contributed by atoms with van der Waals surface area (Å²) in [6.45, 7) is 0. The Bertz CT molecular complexity index is 1050. The molecular formula is C21H14F3N3. The van der Waals surface area contributed by atoms with Crippen molar-refractivity contribution in [2.75, 3.05) is 0 Å². The van der Waals surface area contributed by atoms with Crippen LogP contribution in [0, 0.1) is 0 Å². The lowest BCUT2D eigenvalue weighted by Gasteiger charge is -2.11. The number of halogens is 3. The Labute approximate surface area is 153 Å². The second kappa shape index (κ2) is 6.72. The molecule has 3 nitrogen and oxygen atoms in total. The Balaban J connectivity index is 1.94. The van der Waals surface area contributed by atoms with Crippen LogP contribution in [0.5, 0.6) is 0 Å². The van der Waals surface area contributed by atoms with Gasteiger partial charge in [0.15, 0.2) is 0 Å². The molecule has 1 heterocycles. The summed E-state index contributed by atoms with van der Waals surface area (Å²) in [6.07, 6.45) is -4.42. The number of nitrogens with zero attached hydrogens (tertiary/aromatic N) is 3. The smallest absolute Gasteiger partial charge is 0.212 e. The molecule has 0 radical (unpaired) electrons. The predicted octanol–water partition coefficient (Wildman–Crippen LogP) is 5.62. The number of hydrogen-bond acceptors (Lipinski definition) is 2. The van der Waals surface area contributed by atoms with Gasteiger partial charge in [-0.1, -0.05) is 71.9 Å². The Morgan fingerprint density at radius 3 is 1.96 bits per heavy atom. The molecule has 27 heavy (non-hydrogen) atoms. The third-order valence-corrected chi connectivity index (χ3v) is 4.18. The molecule has 134 valence electrons. The van der Waals surface area contributed by atoms with Gasteiger partial charge in [-0.2, -0.15) is 13.2 Å². The highest BCUT2D eigenvalue weighted by atomic mass is 19.4. The predicted molar refractivity (Wildman–Crippen MR) is 97.2 cm³/mol. The molecule has 0 unspecified atom stereocenters. The van der Waals surface area contributed by atoms with Gasteiger partial charge < -0.3 is 0 Å².